The molecule has 1 aliphatic heterocycles. The van der Waals surface area contributed by atoms with E-state index in [4.69, 9.17) is 4.42 Å². The molecule has 140 valence electrons. The smallest absolute Gasteiger partial charge is 0.348 e. The number of rotatable bonds is 6. The van der Waals surface area contributed by atoms with E-state index in [0.29, 0.717) is 18.8 Å². The molecule has 1 saturated heterocycles. The van der Waals surface area contributed by atoms with Crippen LogP contribution in [-0.2, 0) is 17.9 Å². The molecule has 0 spiro atoms. The van der Waals surface area contributed by atoms with Gasteiger partial charge >= 0.3 is 5.69 Å². The second kappa shape index (κ2) is 8.31. The maximum Gasteiger partial charge on any atom is 0.348 e. The lowest BCUT2D eigenvalue weighted by Crippen LogP contribution is -2.43. The van der Waals surface area contributed by atoms with Crippen LogP contribution in [0.5, 0.6) is 0 Å². The Morgan fingerprint density at radius 2 is 2.27 bits per heavy atom. The van der Waals surface area contributed by atoms with E-state index in [2.05, 4.69) is 15.2 Å². The molecule has 2 aromatic heterocycles. The molecule has 1 N–H and O–H groups in total. The first-order valence-electron chi connectivity index (χ1n) is 9.10. The van der Waals surface area contributed by atoms with E-state index in [9.17, 15) is 9.59 Å². The molecule has 1 atom stereocenters. The molecule has 1 amide bonds. The van der Waals surface area contributed by atoms with Crippen LogP contribution in [0.25, 0.3) is 0 Å². The molecule has 1 fully saturated rings. The van der Waals surface area contributed by atoms with Crippen molar-refractivity contribution in [3.63, 3.8) is 0 Å². The van der Waals surface area contributed by atoms with Gasteiger partial charge in [-0.05, 0) is 51.4 Å². The Balaban J connectivity index is 1.49. The Hall–Kier alpha value is -2.41. The molecule has 26 heavy (non-hydrogen) atoms. The number of likely N-dealkylation sites (tertiary alicyclic amines) is 1. The summed E-state index contributed by atoms with van der Waals surface area (Å²) in [5, 5.41) is 2.97. The fourth-order valence-electron chi connectivity index (χ4n) is 3.52. The number of nitrogens with zero attached hydrogens (tertiary/aromatic N) is 3. The van der Waals surface area contributed by atoms with E-state index >= 15 is 0 Å². The van der Waals surface area contributed by atoms with E-state index in [-0.39, 0.29) is 17.5 Å². The summed E-state index contributed by atoms with van der Waals surface area (Å²) in [6.45, 7) is 7.00. The van der Waals surface area contributed by atoms with Crippen molar-refractivity contribution in [2.75, 3.05) is 19.6 Å². The van der Waals surface area contributed by atoms with Crippen molar-refractivity contribution in [1.29, 1.82) is 0 Å². The zero-order valence-electron chi connectivity index (χ0n) is 15.4. The lowest BCUT2D eigenvalue weighted by atomic mass is 9.97. The van der Waals surface area contributed by atoms with Crippen molar-refractivity contribution in [2.45, 2.75) is 39.8 Å². The monoisotopic (exact) mass is 358 g/mol. The SMILES string of the molecule is Cc1cc(C)n(CCNC(=O)[C@@H]2CCCN(Cc3ccco3)C2)c(=O)n1. The minimum Gasteiger partial charge on any atom is -0.468 e. The Kier molecular flexibility index (Phi) is 5.88. The van der Waals surface area contributed by atoms with E-state index in [1.54, 1.807) is 17.8 Å². The summed E-state index contributed by atoms with van der Waals surface area (Å²) >= 11 is 0. The molecule has 3 rings (SSSR count). The number of hydrogen-bond acceptors (Lipinski definition) is 5. The average Bonchev–Trinajstić information content (AvgIpc) is 3.10. The largest absolute Gasteiger partial charge is 0.468 e. The molecular formula is C19H26N4O3. The van der Waals surface area contributed by atoms with Gasteiger partial charge in [0.25, 0.3) is 0 Å². The minimum atomic E-state index is -0.265. The lowest BCUT2D eigenvalue weighted by Gasteiger charge is -2.31. The lowest BCUT2D eigenvalue weighted by molar-refractivity contribution is -0.126. The molecule has 0 bridgehead atoms. The summed E-state index contributed by atoms with van der Waals surface area (Å²) in [6.07, 6.45) is 3.57. The molecule has 0 aliphatic carbocycles. The van der Waals surface area contributed by atoms with Crippen LogP contribution >= 0.6 is 0 Å². The van der Waals surface area contributed by atoms with Gasteiger partial charge in [-0.3, -0.25) is 14.3 Å². The van der Waals surface area contributed by atoms with Crippen LogP contribution in [0.2, 0.25) is 0 Å². The van der Waals surface area contributed by atoms with E-state index in [1.165, 1.54) is 0 Å². The van der Waals surface area contributed by atoms with Gasteiger partial charge in [0.05, 0.1) is 18.7 Å². The third kappa shape index (κ3) is 4.60. The molecule has 1 aliphatic rings. The Bertz CT molecular complexity index is 798. The number of aromatic nitrogens is 2. The number of nitrogens with one attached hydrogen (secondary N) is 1. The fourth-order valence-corrected chi connectivity index (χ4v) is 3.52. The summed E-state index contributed by atoms with van der Waals surface area (Å²) in [5.41, 5.74) is 1.31. The second-order valence-electron chi connectivity index (χ2n) is 6.92. The standard InChI is InChI=1S/C19H26N4O3/c1-14-11-15(2)23(19(25)21-14)9-7-20-18(24)16-5-3-8-22(12-16)13-17-6-4-10-26-17/h4,6,10-11,16H,3,5,7-9,12-13H2,1-2H3,(H,20,24)/t16-/m1/s1. The zero-order chi connectivity index (χ0) is 18.5. The van der Waals surface area contributed by atoms with Crippen LogP contribution in [0, 0.1) is 19.8 Å². The minimum absolute atomic E-state index is 0.0207. The summed E-state index contributed by atoms with van der Waals surface area (Å²) < 4.78 is 6.99. The highest BCUT2D eigenvalue weighted by Crippen LogP contribution is 2.19. The van der Waals surface area contributed by atoms with Crippen LogP contribution < -0.4 is 11.0 Å². The van der Waals surface area contributed by atoms with Gasteiger partial charge in [-0.15, -0.1) is 0 Å². The van der Waals surface area contributed by atoms with Crippen molar-refractivity contribution < 1.29 is 9.21 Å². The van der Waals surface area contributed by atoms with Gasteiger partial charge in [0, 0.05) is 31.0 Å². The normalized spacial score (nSPS) is 18.0. The maximum absolute atomic E-state index is 12.5. The first-order chi connectivity index (χ1) is 12.5. The van der Waals surface area contributed by atoms with Gasteiger partial charge in [0.1, 0.15) is 5.76 Å². The summed E-state index contributed by atoms with van der Waals surface area (Å²) in [7, 11) is 0. The first kappa shape index (κ1) is 18.4. The number of hydrogen-bond donors (Lipinski definition) is 1. The van der Waals surface area contributed by atoms with Crippen LogP contribution in [-0.4, -0.2) is 40.0 Å². The Morgan fingerprint density at radius 1 is 1.42 bits per heavy atom. The van der Waals surface area contributed by atoms with Gasteiger partial charge in [0.2, 0.25) is 5.91 Å². The number of furan rings is 1. The van der Waals surface area contributed by atoms with Crippen molar-refractivity contribution in [2.24, 2.45) is 5.92 Å². The number of carbonyl (C=O) groups excluding carboxylic acids is 1. The fraction of sp³-hybridized carbons (Fsp3) is 0.526. The summed E-state index contributed by atoms with van der Waals surface area (Å²) in [6, 6.07) is 5.71. The molecule has 0 radical (unpaired) electrons. The predicted octanol–water partition coefficient (Wildman–Crippen LogP) is 1.48. The summed E-state index contributed by atoms with van der Waals surface area (Å²) in [4.78, 5) is 30.7. The van der Waals surface area contributed by atoms with Gasteiger partial charge in [-0.1, -0.05) is 0 Å². The number of piperidine rings is 1. The highest BCUT2D eigenvalue weighted by molar-refractivity contribution is 5.78. The van der Waals surface area contributed by atoms with Gasteiger partial charge in [-0.25, -0.2) is 4.79 Å². The molecule has 7 nitrogen and oxygen atoms in total. The topological polar surface area (TPSA) is 80.4 Å². The van der Waals surface area contributed by atoms with Crippen LogP contribution in [0.1, 0.15) is 30.0 Å². The van der Waals surface area contributed by atoms with Crippen LogP contribution in [0.4, 0.5) is 0 Å². The molecule has 0 unspecified atom stereocenters. The van der Waals surface area contributed by atoms with Crippen molar-refractivity contribution in [3.8, 4) is 0 Å². The van der Waals surface area contributed by atoms with Crippen molar-refractivity contribution in [3.05, 3.63) is 52.1 Å². The van der Waals surface area contributed by atoms with Gasteiger partial charge < -0.3 is 9.73 Å². The molecule has 2 aromatic rings. The predicted molar refractivity (Wildman–Crippen MR) is 97.7 cm³/mol. The third-order valence-electron chi connectivity index (χ3n) is 4.82. The highest BCUT2D eigenvalue weighted by atomic mass is 16.3. The molecule has 0 saturated carbocycles. The van der Waals surface area contributed by atoms with Crippen molar-refractivity contribution in [1.82, 2.24) is 19.8 Å². The zero-order valence-corrected chi connectivity index (χ0v) is 15.4. The Labute approximate surface area is 153 Å². The number of amides is 1. The van der Waals surface area contributed by atoms with Crippen molar-refractivity contribution >= 4 is 5.91 Å². The van der Waals surface area contributed by atoms with E-state index in [1.807, 2.05) is 25.1 Å². The molecular weight excluding hydrogens is 332 g/mol. The molecule has 3 heterocycles. The quantitative estimate of drug-likeness (QED) is 0.846. The number of carbonyl (C=O) groups is 1. The van der Waals surface area contributed by atoms with Crippen LogP contribution in [0.15, 0.2) is 33.7 Å². The maximum atomic E-state index is 12.5. The third-order valence-corrected chi connectivity index (χ3v) is 4.82. The Morgan fingerprint density at radius 3 is 3.00 bits per heavy atom. The van der Waals surface area contributed by atoms with E-state index in [0.717, 1.165) is 43.9 Å². The second-order valence-corrected chi connectivity index (χ2v) is 6.92. The van der Waals surface area contributed by atoms with Crippen LogP contribution in [0.3, 0.4) is 0 Å². The first-order valence-corrected chi connectivity index (χ1v) is 9.10. The van der Waals surface area contributed by atoms with Gasteiger partial charge in [-0.2, -0.15) is 4.98 Å². The highest BCUT2D eigenvalue weighted by Gasteiger charge is 2.26. The van der Waals surface area contributed by atoms with E-state index < -0.39 is 0 Å². The average molecular weight is 358 g/mol. The van der Waals surface area contributed by atoms with Gasteiger partial charge in [0.15, 0.2) is 0 Å². The molecule has 0 aromatic carbocycles. The number of aryl methyl sites for hydroxylation is 2. The molecule has 7 heteroatoms. The summed E-state index contributed by atoms with van der Waals surface area (Å²) in [5.74, 6) is 0.959.